The van der Waals surface area contributed by atoms with E-state index in [1.807, 2.05) is 19.1 Å². The van der Waals surface area contributed by atoms with Gasteiger partial charge in [-0.15, -0.1) is 0 Å². The van der Waals surface area contributed by atoms with Crippen molar-refractivity contribution in [3.63, 3.8) is 0 Å². The van der Waals surface area contributed by atoms with Crippen molar-refractivity contribution < 1.29 is 24.6 Å². The number of amides is 2. The number of phenolic OH excluding ortho intramolecular Hbond substituents is 1. The average Bonchev–Trinajstić information content (AvgIpc) is 2.75. The summed E-state index contributed by atoms with van der Waals surface area (Å²) in [6.07, 6.45) is 0.0409. The molecule has 0 bridgehead atoms. The standard InChI is InChI=1S/C24H22N2O5/c1-15-6-10-17(11-7-15)22(28)25-20-5-3-2-4-19(20)23(29)26-21(24(30)31)14-16-8-12-18(27)13-9-16/h2-13,21,27H,14H2,1H3,(H,25,28)(H,26,29)(H,30,31)/t21-/m0/s1. The Hall–Kier alpha value is -4.13. The summed E-state index contributed by atoms with van der Waals surface area (Å²) < 4.78 is 0. The molecule has 0 unspecified atom stereocenters. The van der Waals surface area contributed by atoms with Crippen molar-refractivity contribution in [1.29, 1.82) is 0 Å². The fraction of sp³-hybridized carbons (Fsp3) is 0.125. The number of aliphatic carboxylic acids is 1. The van der Waals surface area contributed by atoms with Crippen LogP contribution in [0.3, 0.4) is 0 Å². The van der Waals surface area contributed by atoms with E-state index in [1.165, 1.54) is 18.2 Å². The number of aryl methyl sites for hydroxylation is 1. The van der Waals surface area contributed by atoms with Crippen LogP contribution >= 0.6 is 0 Å². The number of anilines is 1. The number of phenols is 1. The van der Waals surface area contributed by atoms with Crippen LogP contribution < -0.4 is 10.6 Å². The molecule has 0 aliphatic rings. The van der Waals surface area contributed by atoms with Crippen LogP contribution in [0, 0.1) is 6.92 Å². The number of hydrogen-bond acceptors (Lipinski definition) is 4. The molecule has 4 N–H and O–H groups in total. The lowest BCUT2D eigenvalue weighted by Gasteiger charge is -2.17. The molecule has 158 valence electrons. The molecule has 31 heavy (non-hydrogen) atoms. The number of carbonyl (C=O) groups excluding carboxylic acids is 2. The molecule has 3 aromatic carbocycles. The van der Waals surface area contributed by atoms with Crippen molar-refractivity contribution in [3.8, 4) is 5.75 Å². The number of hydrogen-bond donors (Lipinski definition) is 4. The highest BCUT2D eigenvalue weighted by Crippen LogP contribution is 2.18. The van der Waals surface area contributed by atoms with Gasteiger partial charge in [0.05, 0.1) is 11.3 Å². The summed E-state index contributed by atoms with van der Waals surface area (Å²) in [6.45, 7) is 1.92. The molecule has 3 aromatic rings. The van der Waals surface area contributed by atoms with E-state index in [9.17, 15) is 24.6 Å². The summed E-state index contributed by atoms with van der Waals surface area (Å²) in [4.78, 5) is 37.0. The predicted octanol–water partition coefficient (Wildman–Crippen LogP) is 3.38. The molecule has 0 radical (unpaired) electrons. The molecule has 1 atom stereocenters. The molecule has 0 aliphatic heterocycles. The Balaban J connectivity index is 1.76. The lowest BCUT2D eigenvalue weighted by atomic mass is 10.0. The zero-order chi connectivity index (χ0) is 22.4. The highest BCUT2D eigenvalue weighted by molar-refractivity contribution is 6.09. The van der Waals surface area contributed by atoms with Gasteiger partial charge >= 0.3 is 5.97 Å². The first kappa shape index (κ1) is 21.6. The van der Waals surface area contributed by atoms with E-state index >= 15 is 0 Å². The van der Waals surface area contributed by atoms with E-state index in [-0.39, 0.29) is 29.3 Å². The fourth-order valence-corrected chi connectivity index (χ4v) is 2.99. The first-order valence-electron chi connectivity index (χ1n) is 9.62. The second-order valence-corrected chi connectivity index (χ2v) is 7.10. The Bertz CT molecular complexity index is 1090. The highest BCUT2D eigenvalue weighted by atomic mass is 16.4. The van der Waals surface area contributed by atoms with Crippen molar-refractivity contribution in [2.45, 2.75) is 19.4 Å². The lowest BCUT2D eigenvalue weighted by molar-refractivity contribution is -0.139. The van der Waals surface area contributed by atoms with Crippen LogP contribution in [0.1, 0.15) is 31.8 Å². The van der Waals surface area contributed by atoms with Gasteiger partial charge in [0.15, 0.2) is 0 Å². The Morgan fingerprint density at radius 2 is 1.52 bits per heavy atom. The number of nitrogens with one attached hydrogen (secondary N) is 2. The Morgan fingerprint density at radius 1 is 0.871 bits per heavy atom. The number of rotatable bonds is 7. The number of carboxylic acids is 1. The highest BCUT2D eigenvalue weighted by Gasteiger charge is 2.23. The molecule has 0 heterocycles. The van der Waals surface area contributed by atoms with Gasteiger partial charge in [-0.25, -0.2) is 4.79 Å². The third kappa shape index (κ3) is 5.70. The molecule has 0 fully saturated rings. The topological polar surface area (TPSA) is 116 Å². The SMILES string of the molecule is Cc1ccc(C(=O)Nc2ccccc2C(=O)N[C@@H](Cc2ccc(O)cc2)C(=O)O)cc1. The number of aromatic hydroxyl groups is 1. The van der Waals surface area contributed by atoms with Crippen LogP contribution in [0.15, 0.2) is 72.8 Å². The minimum absolute atomic E-state index is 0.0409. The molecular weight excluding hydrogens is 396 g/mol. The normalized spacial score (nSPS) is 11.4. The van der Waals surface area contributed by atoms with Crippen LogP contribution in [0.25, 0.3) is 0 Å². The minimum atomic E-state index is -1.19. The second kappa shape index (κ2) is 9.58. The molecule has 0 saturated carbocycles. The first-order valence-corrected chi connectivity index (χ1v) is 9.62. The molecule has 7 nitrogen and oxygen atoms in total. The van der Waals surface area contributed by atoms with E-state index < -0.39 is 17.9 Å². The monoisotopic (exact) mass is 418 g/mol. The zero-order valence-electron chi connectivity index (χ0n) is 16.8. The van der Waals surface area contributed by atoms with Crippen LogP contribution in [0.5, 0.6) is 5.75 Å². The van der Waals surface area contributed by atoms with E-state index in [4.69, 9.17) is 0 Å². The smallest absolute Gasteiger partial charge is 0.326 e. The van der Waals surface area contributed by atoms with Crippen LogP contribution in [-0.2, 0) is 11.2 Å². The third-order valence-corrected chi connectivity index (χ3v) is 4.71. The van der Waals surface area contributed by atoms with Crippen molar-refractivity contribution in [3.05, 3.63) is 95.1 Å². The number of para-hydroxylation sites is 1. The maximum absolute atomic E-state index is 12.8. The van der Waals surface area contributed by atoms with Gasteiger partial charge in [0.1, 0.15) is 11.8 Å². The van der Waals surface area contributed by atoms with Gasteiger partial charge in [-0.2, -0.15) is 0 Å². The van der Waals surface area contributed by atoms with Crippen LogP contribution in [0.2, 0.25) is 0 Å². The lowest BCUT2D eigenvalue weighted by Crippen LogP contribution is -2.42. The van der Waals surface area contributed by atoms with E-state index in [0.29, 0.717) is 11.1 Å². The summed E-state index contributed by atoms with van der Waals surface area (Å²) in [6, 6.07) is 18.3. The molecule has 0 spiro atoms. The molecule has 0 saturated heterocycles. The molecule has 3 rings (SSSR count). The zero-order valence-corrected chi connectivity index (χ0v) is 16.8. The van der Waals surface area contributed by atoms with Crippen molar-refractivity contribution in [2.24, 2.45) is 0 Å². The average molecular weight is 418 g/mol. The predicted molar refractivity (Wildman–Crippen MR) is 116 cm³/mol. The Morgan fingerprint density at radius 3 is 2.16 bits per heavy atom. The number of benzene rings is 3. The summed E-state index contributed by atoms with van der Waals surface area (Å²) >= 11 is 0. The molecule has 0 aromatic heterocycles. The van der Waals surface area contributed by atoms with Gasteiger partial charge in [-0.1, -0.05) is 42.0 Å². The van der Waals surface area contributed by atoms with Gasteiger partial charge in [0, 0.05) is 12.0 Å². The second-order valence-electron chi connectivity index (χ2n) is 7.10. The van der Waals surface area contributed by atoms with Gasteiger partial charge < -0.3 is 20.8 Å². The molecule has 7 heteroatoms. The van der Waals surface area contributed by atoms with Crippen molar-refractivity contribution >= 4 is 23.5 Å². The molecule has 0 aliphatic carbocycles. The number of carboxylic acid groups (broad SMARTS) is 1. The largest absolute Gasteiger partial charge is 0.508 e. The Kier molecular flexibility index (Phi) is 6.67. The maximum atomic E-state index is 12.8. The van der Waals surface area contributed by atoms with Gasteiger partial charge in [0.25, 0.3) is 11.8 Å². The summed E-state index contributed by atoms with van der Waals surface area (Å²) in [5.74, 6) is -2.12. The van der Waals surface area contributed by atoms with E-state index in [0.717, 1.165) is 5.56 Å². The molecule has 2 amide bonds. The minimum Gasteiger partial charge on any atom is -0.508 e. The first-order chi connectivity index (χ1) is 14.8. The number of carbonyl (C=O) groups is 3. The van der Waals surface area contributed by atoms with Crippen LogP contribution in [0.4, 0.5) is 5.69 Å². The van der Waals surface area contributed by atoms with Crippen molar-refractivity contribution in [1.82, 2.24) is 5.32 Å². The summed E-state index contributed by atoms with van der Waals surface area (Å²) in [5, 5.41) is 24.1. The van der Waals surface area contributed by atoms with Crippen LogP contribution in [-0.4, -0.2) is 34.0 Å². The summed E-state index contributed by atoms with van der Waals surface area (Å²) in [7, 11) is 0. The fourth-order valence-electron chi connectivity index (χ4n) is 2.99. The van der Waals surface area contributed by atoms with Crippen molar-refractivity contribution in [2.75, 3.05) is 5.32 Å². The van der Waals surface area contributed by atoms with Gasteiger partial charge in [-0.3, -0.25) is 9.59 Å². The maximum Gasteiger partial charge on any atom is 0.326 e. The van der Waals surface area contributed by atoms with Gasteiger partial charge in [0.2, 0.25) is 0 Å². The van der Waals surface area contributed by atoms with E-state index in [2.05, 4.69) is 10.6 Å². The summed E-state index contributed by atoms with van der Waals surface area (Å²) in [5.41, 5.74) is 2.53. The third-order valence-electron chi connectivity index (χ3n) is 4.71. The molecular formula is C24H22N2O5. The van der Waals surface area contributed by atoms with Gasteiger partial charge in [-0.05, 0) is 48.9 Å². The van der Waals surface area contributed by atoms with E-state index in [1.54, 1.807) is 42.5 Å². The Labute approximate surface area is 179 Å². The quantitative estimate of drug-likeness (QED) is 0.469.